The van der Waals surface area contributed by atoms with Crippen LogP contribution in [0.15, 0.2) is 22.6 Å². The maximum absolute atomic E-state index is 11.7. The Kier molecular flexibility index (Phi) is 2.39. The van der Waals surface area contributed by atoms with Crippen molar-refractivity contribution in [3.8, 4) is 6.07 Å². The summed E-state index contributed by atoms with van der Waals surface area (Å²) < 4.78 is 2.06. The lowest BCUT2D eigenvalue weighted by Crippen LogP contribution is -2.13. The summed E-state index contributed by atoms with van der Waals surface area (Å²) in [4.78, 5) is 22.5. The minimum absolute atomic E-state index is 0.0916. The van der Waals surface area contributed by atoms with E-state index < -0.39 is 0 Å². The summed E-state index contributed by atoms with van der Waals surface area (Å²) in [5, 5.41) is 14.3. The predicted octanol–water partition coefficient (Wildman–Crippen LogP) is 0.496. The topological polar surface area (TPSA) is 100 Å². The Balaban J connectivity index is 2.00. The molecule has 8 heteroatoms. The van der Waals surface area contributed by atoms with E-state index in [0.717, 1.165) is 0 Å². The summed E-state index contributed by atoms with van der Waals surface area (Å²) in [6, 6.07) is 3.63. The van der Waals surface area contributed by atoms with Crippen LogP contribution in [-0.4, -0.2) is 24.7 Å². The monoisotopic (exact) mass is 258 g/mol. The molecular weight excluding hydrogens is 252 g/mol. The van der Waals surface area contributed by atoms with Gasteiger partial charge in [0.2, 0.25) is 0 Å². The fraction of sp³-hybridized carbons (Fsp3) is 0.100. The van der Waals surface area contributed by atoms with Crippen molar-refractivity contribution in [2.24, 2.45) is 0 Å². The van der Waals surface area contributed by atoms with E-state index in [1.165, 1.54) is 22.3 Å². The Morgan fingerprint density at radius 3 is 3.22 bits per heavy atom. The van der Waals surface area contributed by atoms with Crippen LogP contribution in [0.3, 0.4) is 0 Å². The van der Waals surface area contributed by atoms with Crippen molar-refractivity contribution in [1.29, 1.82) is 5.26 Å². The molecule has 0 radical (unpaired) electrons. The van der Waals surface area contributed by atoms with Gasteiger partial charge in [-0.15, -0.1) is 16.4 Å². The summed E-state index contributed by atoms with van der Waals surface area (Å²) in [6.45, 7) is 0.274. The quantitative estimate of drug-likeness (QED) is 0.721. The molecule has 0 saturated carbocycles. The summed E-state index contributed by atoms with van der Waals surface area (Å²) in [7, 11) is 0. The molecule has 0 aliphatic heterocycles. The minimum Gasteiger partial charge on any atom is -0.308 e. The molecule has 0 amide bonds. The zero-order chi connectivity index (χ0) is 12.5. The molecule has 18 heavy (non-hydrogen) atoms. The molecule has 3 aromatic heterocycles. The van der Waals surface area contributed by atoms with Crippen LogP contribution in [0.4, 0.5) is 0 Å². The number of hydrogen-bond donors (Lipinski definition) is 1. The summed E-state index contributed by atoms with van der Waals surface area (Å²) >= 11 is 1.35. The number of H-pyrrole nitrogens is 1. The van der Waals surface area contributed by atoms with Gasteiger partial charge in [0.25, 0.3) is 11.4 Å². The number of aromatic nitrogens is 5. The van der Waals surface area contributed by atoms with Crippen molar-refractivity contribution >= 4 is 21.6 Å². The Bertz CT molecular complexity index is 807. The highest BCUT2D eigenvalue weighted by atomic mass is 32.1. The zero-order valence-electron chi connectivity index (χ0n) is 8.99. The normalized spacial score (nSPS) is 10.6. The fourth-order valence-corrected chi connectivity index (χ4v) is 2.30. The van der Waals surface area contributed by atoms with E-state index in [4.69, 9.17) is 5.26 Å². The zero-order valence-corrected chi connectivity index (χ0v) is 9.81. The van der Waals surface area contributed by atoms with Gasteiger partial charge >= 0.3 is 0 Å². The highest BCUT2D eigenvalue weighted by molar-refractivity contribution is 7.17. The van der Waals surface area contributed by atoms with Crippen molar-refractivity contribution in [2.75, 3.05) is 0 Å². The lowest BCUT2D eigenvalue weighted by Gasteiger charge is -2.00. The van der Waals surface area contributed by atoms with Crippen LogP contribution >= 0.6 is 11.3 Å². The maximum Gasteiger partial charge on any atom is 0.268 e. The van der Waals surface area contributed by atoms with Crippen molar-refractivity contribution in [2.45, 2.75) is 6.54 Å². The first-order valence-electron chi connectivity index (χ1n) is 5.02. The van der Waals surface area contributed by atoms with Gasteiger partial charge in [-0.1, -0.05) is 0 Å². The molecule has 3 rings (SSSR count). The van der Waals surface area contributed by atoms with Gasteiger partial charge in [-0.3, -0.25) is 4.79 Å². The van der Waals surface area contributed by atoms with Crippen molar-refractivity contribution in [1.82, 2.24) is 24.7 Å². The van der Waals surface area contributed by atoms with Crippen LogP contribution in [-0.2, 0) is 6.54 Å². The third kappa shape index (κ3) is 1.76. The molecule has 0 aliphatic rings. The van der Waals surface area contributed by atoms with Crippen LogP contribution in [0.2, 0.25) is 0 Å². The fourth-order valence-electron chi connectivity index (χ4n) is 1.57. The summed E-state index contributed by atoms with van der Waals surface area (Å²) in [6.07, 6.45) is 1.43. The third-order valence-corrected chi connectivity index (χ3v) is 3.21. The standard InChI is InChI=1S/C10H6N6OS/c11-3-7-12-5-16(15-7)4-8-13-6-1-2-18-9(6)10(17)14-8/h1-2,5H,4H2,(H,13,14,17). The maximum atomic E-state index is 11.7. The van der Waals surface area contributed by atoms with Crippen LogP contribution in [0.5, 0.6) is 0 Å². The minimum atomic E-state index is -0.161. The molecule has 0 fully saturated rings. The second-order valence-corrected chi connectivity index (χ2v) is 4.44. The van der Waals surface area contributed by atoms with E-state index in [1.807, 2.05) is 11.4 Å². The van der Waals surface area contributed by atoms with Crippen molar-refractivity contribution in [3.63, 3.8) is 0 Å². The first kappa shape index (κ1) is 10.6. The van der Waals surface area contributed by atoms with Gasteiger partial charge in [-0.2, -0.15) is 5.26 Å². The SMILES string of the molecule is N#Cc1ncn(Cc2nc3ccsc3c(=O)[nH]2)n1. The lowest BCUT2D eigenvalue weighted by atomic mass is 10.4. The molecule has 0 bridgehead atoms. The average molecular weight is 258 g/mol. The van der Waals surface area contributed by atoms with Gasteiger partial charge in [0.15, 0.2) is 0 Å². The highest BCUT2D eigenvalue weighted by Gasteiger charge is 2.06. The molecule has 0 unspecified atom stereocenters. The molecule has 3 heterocycles. The molecule has 0 spiro atoms. The van der Waals surface area contributed by atoms with Crippen LogP contribution in [0.1, 0.15) is 11.6 Å². The smallest absolute Gasteiger partial charge is 0.268 e. The number of aromatic amines is 1. The van der Waals surface area contributed by atoms with Gasteiger partial charge in [0.05, 0.1) is 5.52 Å². The van der Waals surface area contributed by atoms with Crippen molar-refractivity contribution in [3.05, 3.63) is 39.8 Å². The van der Waals surface area contributed by atoms with Crippen LogP contribution in [0, 0.1) is 11.3 Å². The van der Waals surface area contributed by atoms with Gasteiger partial charge < -0.3 is 4.98 Å². The van der Waals surface area contributed by atoms with E-state index >= 15 is 0 Å². The first-order chi connectivity index (χ1) is 8.76. The van der Waals surface area contributed by atoms with E-state index in [2.05, 4.69) is 20.1 Å². The lowest BCUT2D eigenvalue weighted by molar-refractivity contribution is 0.652. The number of nitrogens with one attached hydrogen (secondary N) is 1. The second-order valence-electron chi connectivity index (χ2n) is 3.53. The largest absolute Gasteiger partial charge is 0.308 e. The van der Waals surface area contributed by atoms with Crippen molar-refractivity contribution < 1.29 is 0 Å². The van der Waals surface area contributed by atoms with Crippen LogP contribution < -0.4 is 5.56 Å². The Labute approximate surface area is 104 Å². The van der Waals surface area contributed by atoms with Gasteiger partial charge in [0, 0.05) is 0 Å². The molecule has 0 aromatic carbocycles. The first-order valence-corrected chi connectivity index (χ1v) is 5.90. The molecule has 0 aliphatic carbocycles. The molecule has 0 saturated heterocycles. The average Bonchev–Trinajstić information content (AvgIpc) is 2.97. The summed E-state index contributed by atoms with van der Waals surface area (Å²) in [5.74, 6) is 0.578. The molecule has 7 nitrogen and oxygen atoms in total. The Morgan fingerprint density at radius 1 is 1.56 bits per heavy atom. The number of nitriles is 1. The number of nitrogens with zero attached hydrogens (tertiary/aromatic N) is 5. The molecule has 88 valence electrons. The van der Waals surface area contributed by atoms with Gasteiger partial charge in [0.1, 0.15) is 29.5 Å². The van der Waals surface area contributed by atoms with Crippen LogP contribution in [0.25, 0.3) is 10.2 Å². The second kappa shape index (κ2) is 4.05. The van der Waals surface area contributed by atoms with Gasteiger partial charge in [-0.05, 0) is 11.4 Å². The Morgan fingerprint density at radius 2 is 2.44 bits per heavy atom. The number of hydrogen-bond acceptors (Lipinski definition) is 6. The number of rotatable bonds is 2. The molecule has 0 atom stereocenters. The summed E-state index contributed by atoms with van der Waals surface area (Å²) in [5.41, 5.74) is 0.505. The van der Waals surface area contributed by atoms with E-state index in [0.29, 0.717) is 16.0 Å². The Hall–Kier alpha value is -2.53. The number of fused-ring (bicyclic) bond motifs is 1. The number of thiophene rings is 1. The third-order valence-electron chi connectivity index (χ3n) is 2.31. The van der Waals surface area contributed by atoms with E-state index in [1.54, 1.807) is 6.07 Å². The highest BCUT2D eigenvalue weighted by Crippen LogP contribution is 2.13. The van der Waals surface area contributed by atoms with E-state index in [9.17, 15) is 4.79 Å². The molecular formula is C10H6N6OS. The van der Waals surface area contributed by atoms with Gasteiger partial charge in [-0.25, -0.2) is 14.6 Å². The molecule has 1 N–H and O–H groups in total. The predicted molar refractivity (Wildman–Crippen MR) is 64.1 cm³/mol. The van der Waals surface area contributed by atoms with E-state index in [-0.39, 0.29) is 17.9 Å². The molecule has 3 aromatic rings.